The summed E-state index contributed by atoms with van der Waals surface area (Å²) in [7, 11) is 0. The monoisotopic (exact) mass is 568 g/mol. The van der Waals surface area contributed by atoms with E-state index in [0.717, 1.165) is 16.7 Å². The Morgan fingerprint density at radius 3 is 1.93 bits per heavy atom. The van der Waals surface area contributed by atoms with Gasteiger partial charge in [-0.15, -0.1) is 0 Å². The van der Waals surface area contributed by atoms with E-state index >= 15 is 0 Å². The van der Waals surface area contributed by atoms with Crippen molar-refractivity contribution in [2.24, 2.45) is 11.8 Å². The number of benzene rings is 3. The number of ether oxygens (including phenoxy) is 1. The number of amides is 2. The number of esters is 1. The van der Waals surface area contributed by atoms with E-state index in [0.29, 0.717) is 32.2 Å². The molecule has 0 radical (unpaired) electrons. The van der Waals surface area contributed by atoms with Crippen molar-refractivity contribution >= 4 is 17.8 Å². The van der Waals surface area contributed by atoms with Gasteiger partial charge in [0.05, 0.1) is 24.5 Å². The summed E-state index contributed by atoms with van der Waals surface area (Å²) in [6, 6.07) is 28.8. The number of rotatable bonds is 10. The van der Waals surface area contributed by atoms with Crippen molar-refractivity contribution in [3.63, 3.8) is 0 Å². The van der Waals surface area contributed by atoms with E-state index < -0.39 is 12.0 Å². The number of aliphatic hydroxyl groups is 1. The molecule has 0 bridgehead atoms. The first-order chi connectivity index (χ1) is 20.5. The summed E-state index contributed by atoms with van der Waals surface area (Å²) in [6.07, 6.45) is 5.70. The predicted molar refractivity (Wildman–Crippen MR) is 162 cm³/mol. The van der Waals surface area contributed by atoms with E-state index in [1.807, 2.05) is 103 Å². The molecular weight excluding hydrogens is 528 g/mol. The van der Waals surface area contributed by atoms with Crippen LogP contribution >= 0.6 is 0 Å². The second kappa shape index (κ2) is 16.3. The summed E-state index contributed by atoms with van der Waals surface area (Å²) in [4.78, 5) is 41.8. The third kappa shape index (κ3) is 9.70. The van der Waals surface area contributed by atoms with Gasteiger partial charge in [0, 0.05) is 19.5 Å². The Bertz CT molecular complexity index is 1300. The lowest BCUT2D eigenvalue weighted by atomic mass is 9.94. The molecule has 0 aromatic heterocycles. The molecule has 0 fully saturated rings. The fourth-order valence-corrected chi connectivity index (χ4v) is 5.19. The topological polar surface area (TPSA) is 95.9 Å². The van der Waals surface area contributed by atoms with Crippen molar-refractivity contribution in [3.05, 3.63) is 120 Å². The summed E-state index contributed by atoms with van der Waals surface area (Å²) in [5.41, 5.74) is 3.02. The van der Waals surface area contributed by atoms with Gasteiger partial charge in [0.25, 0.3) is 0 Å². The number of carbonyl (C=O) groups is 3. The smallest absolute Gasteiger partial charge is 0.309 e. The Kier molecular flexibility index (Phi) is 11.9. The number of hydrogen-bond acceptors (Lipinski definition) is 5. The van der Waals surface area contributed by atoms with Crippen molar-refractivity contribution in [3.8, 4) is 0 Å². The average Bonchev–Trinajstić information content (AvgIpc) is 3.01. The van der Waals surface area contributed by atoms with Gasteiger partial charge in [-0.25, -0.2) is 0 Å². The van der Waals surface area contributed by atoms with Crippen LogP contribution in [0.15, 0.2) is 103 Å². The van der Waals surface area contributed by atoms with Crippen molar-refractivity contribution in [1.29, 1.82) is 0 Å². The molecule has 4 rings (SSSR count). The highest BCUT2D eigenvalue weighted by molar-refractivity contribution is 5.86. The van der Waals surface area contributed by atoms with Crippen LogP contribution < -0.4 is 5.32 Å². The van der Waals surface area contributed by atoms with Gasteiger partial charge in [-0.2, -0.15) is 0 Å². The number of cyclic esters (lactones) is 1. The van der Waals surface area contributed by atoms with Crippen LogP contribution in [0.3, 0.4) is 0 Å². The molecule has 2 N–H and O–H groups in total. The van der Waals surface area contributed by atoms with Crippen molar-refractivity contribution in [2.45, 2.75) is 44.7 Å². The van der Waals surface area contributed by atoms with Crippen molar-refractivity contribution in [2.75, 3.05) is 19.8 Å². The van der Waals surface area contributed by atoms with Crippen LogP contribution in [0.1, 0.15) is 36.0 Å². The van der Waals surface area contributed by atoms with Gasteiger partial charge in [-0.1, -0.05) is 103 Å². The molecule has 1 aliphatic rings. The first-order valence-corrected chi connectivity index (χ1v) is 14.6. The lowest BCUT2D eigenvalue weighted by Crippen LogP contribution is -2.45. The Morgan fingerprint density at radius 1 is 0.786 bits per heavy atom. The van der Waals surface area contributed by atoms with Crippen molar-refractivity contribution in [1.82, 2.24) is 10.2 Å². The molecule has 1 heterocycles. The van der Waals surface area contributed by atoms with E-state index in [2.05, 4.69) is 5.32 Å². The van der Waals surface area contributed by atoms with Gasteiger partial charge in [-0.05, 0) is 42.4 Å². The second-order valence-electron chi connectivity index (χ2n) is 10.8. The van der Waals surface area contributed by atoms with Gasteiger partial charge in [0.15, 0.2) is 0 Å². The number of carbonyl (C=O) groups excluding carboxylic acids is 3. The third-order valence-corrected chi connectivity index (χ3v) is 7.49. The van der Waals surface area contributed by atoms with E-state index in [1.165, 1.54) is 0 Å². The Balaban J connectivity index is 1.53. The fraction of sp³-hybridized carbons (Fsp3) is 0.343. The minimum atomic E-state index is -0.605. The lowest BCUT2D eigenvalue weighted by Gasteiger charge is -2.26. The Morgan fingerprint density at radius 2 is 1.33 bits per heavy atom. The van der Waals surface area contributed by atoms with Crippen LogP contribution in [0.2, 0.25) is 0 Å². The van der Waals surface area contributed by atoms with Gasteiger partial charge in [0.1, 0.15) is 6.61 Å². The van der Waals surface area contributed by atoms with Crippen LogP contribution in [0, 0.1) is 11.8 Å². The molecular formula is C35H40N2O5. The molecule has 0 saturated heterocycles. The van der Waals surface area contributed by atoms with Crippen molar-refractivity contribution < 1.29 is 24.2 Å². The van der Waals surface area contributed by atoms with Crippen LogP contribution in [0.25, 0.3) is 0 Å². The molecule has 7 heteroatoms. The van der Waals surface area contributed by atoms with E-state index in [-0.39, 0.29) is 49.9 Å². The molecule has 0 unspecified atom stereocenters. The highest BCUT2D eigenvalue weighted by atomic mass is 16.5. The molecule has 220 valence electrons. The first-order valence-electron chi connectivity index (χ1n) is 14.6. The highest BCUT2D eigenvalue weighted by Crippen LogP contribution is 2.20. The number of aliphatic hydroxyl groups excluding tert-OH is 1. The molecule has 3 aromatic rings. The van der Waals surface area contributed by atoms with Gasteiger partial charge >= 0.3 is 5.97 Å². The number of allylic oxidation sites excluding steroid dienone is 2. The largest absolute Gasteiger partial charge is 0.463 e. The molecule has 7 nitrogen and oxygen atoms in total. The standard InChI is InChI=1S/C35H40N2O5/c38-21-20-37(25-29-16-8-3-9-17-29)33(39)24-30-18-10-11-19-31(22-27-12-4-1-5-13-27)35(41)42-26-32(36-34(30)40)23-28-14-6-2-7-15-28/h1-17,30-32,38H,18-26H2,(H,36,40)/t30-,31-,32-/m1/s1. The molecule has 0 spiro atoms. The maximum atomic E-state index is 13.6. The molecule has 2 amide bonds. The summed E-state index contributed by atoms with van der Waals surface area (Å²) >= 11 is 0. The van der Waals surface area contributed by atoms with Gasteiger partial charge < -0.3 is 20.1 Å². The number of hydrogen-bond donors (Lipinski definition) is 2. The highest BCUT2D eigenvalue weighted by Gasteiger charge is 2.28. The zero-order chi connectivity index (χ0) is 29.6. The summed E-state index contributed by atoms with van der Waals surface area (Å²) in [6.45, 7) is 0.423. The van der Waals surface area contributed by atoms with Gasteiger partial charge in [0.2, 0.25) is 11.8 Å². The molecule has 0 saturated carbocycles. The van der Waals surface area contributed by atoms with Gasteiger partial charge in [-0.3, -0.25) is 14.4 Å². The Labute approximate surface area is 248 Å². The van der Waals surface area contributed by atoms with E-state index in [1.54, 1.807) is 4.90 Å². The van der Waals surface area contributed by atoms with E-state index in [4.69, 9.17) is 4.74 Å². The maximum absolute atomic E-state index is 13.6. The molecule has 3 aromatic carbocycles. The minimum Gasteiger partial charge on any atom is -0.463 e. The van der Waals surface area contributed by atoms with E-state index in [9.17, 15) is 19.5 Å². The zero-order valence-electron chi connectivity index (χ0n) is 23.9. The molecule has 1 aliphatic heterocycles. The SMILES string of the molecule is O=C1N[C@H](Cc2ccccc2)COC(=O)[C@@H](Cc2ccccc2)CC=CC[C@@H]1CC(=O)N(CCO)Cc1ccccc1. The van der Waals surface area contributed by atoms with Crippen LogP contribution in [-0.4, -0.2) is 53.6 Å². The zero-order valence-corrected chi connectivity index (χ0v) is 23.9. The Hall–Kier alpha value is -4.23. The summed E-state index contributed by atoms with van der Waals surface area (Å²) in [5, 5.41) is 12.7. The normalized spacial score (nSPS) is 19.6. The minimum absolute atomic E-state index is 0.00823. The predicted octanol–water partition coefficient (Wildman–Crippen LogP) is 4.49. The molecule has 0 aliphatic carbocycles. The molecule has 3 atom stereocenters. The molecule has 42 heavy (non-hydrogen) atoms. The maximum Gasteiger partial charge on any atom is 0.309 e. The second-order valence-corrected chi connectivity index (χ2v) is 10.8. The van der Waals surface area contributed by atoms with Crippen LogP contribution in [0.5, 0.6) is 0 Å². The first kappa shape index (κ1) is 30.7. The lowest BCUT2D eigenvalue weighted by molar-refractivity contribution is -0.150. The fourth-order valence-electron chi connectivity index (χ4n) is 5.19. The van der Waals surface area contributed by atoms with Crippen LogP contribution in [0.4, 0.5) is 0 Å². The van der Waals surface area contributed by atoms with Crippen LogP contribution in [-0.2, 0) is 38.5 Å². The third-order valence-electron chi connectivity index (χ3n) is 7.49. The number of nitrogens with one attached hydrogen (secondary N) is 1. The summed E-state index contributed by atoms with van der Waals surface area (Å²) in [5.74, 6) is -1.70. The average molecular weight is 569 g/mol. The number of nitrogens with zero attached hydrogens (tertiary/aromatic N) is 1. The quantitative estimate of drug-likeness (QED) is 0.278. The summed E-state index contributed by atoms with van der Waals surface area (Å²) < 4.78 is 5.80.